The molecule has 4 nitrogen and oxygen atoms in total. The number of anilines is 1. The number of aromatic nitrogens is 2. The summed E-state index contributed by atoms with van der Waals surface area (Å²) in [6.07, 6.45) is 2.08. The van der Waals surface area contributed by atoms with Crippen LogP contribution in [0.15, 0.2) is 0 Å². The van der Waals surface area contributed by atoms with Gasteiger partial charge in [-0.3, -0.25) is 5.43 Å². The van der Waals surface area contributed by atoms with E-state index in [1.807, 2.05) is 0 Å². The van der Waals surface area contributed by atoms with E-state index in [-0.39, 0.29) is 0 Å². The fourth-order valence-electron chi connectivity index (χ4n) is 0.627. The normalized spacial score (nSPS) is 9.80. The van der Waals surface area contributed by atoms with E-state index in [9.17, 15) is 0 Å². The lowest BCUT2D eigenvalue weighted by Gasteiger charge is -1.85. The number of hydrogen-bond donors (Lipinski definition) is 2. The number of hydrogen-bond acceptors (Lipinski definition) is 5. The molecule has 0 radical (unpaired) electrons. The van der Waals surface area contributed by atoms with Crippen molar-refractivity contribution in [1.82, 2.24) is 10.2 Å². The van der Waals surface area contributed by atoms with E-state index in [2.05, 4.69) is 22.5 Å². The minimum absolute atomic E-state index is 0.684. The molecule has 0 atom stereocenters. The third-order valence-corrected chi connectivity index (χ3v) is 1.97. The van der Waals surface area contributed by atoms with Crippen molar-refractivity contribution < 1.29 is 0 Å². The first-order valence-corrected chi connectivity index (χ1v) is 3.97. The van der Waals surface area contributed by atoms with Crippen LogP contribution in [0.4, 0.5) is 5.13 Å². The Balaban J connectivity index is 2.59. The standard InChI is InChI=1S/C5H10N4S/c1-2-3-4-8-9-5(7-6)10-4/h2-3,6H2,1H3,(H,7,9). The van der Waals surface area contributed by atoms with Crippen molar-refractivity contribution in [3.63, 3.8) is 0 Å². The highest BCUT2D eigenvalue weighted by Gasteiger charge is 1.99. The summed E-state index contributed by atoms with van der Waals surface area (Å²) in [4.78, 5) is 0. The number of hydrazine groups is 1. The van der Waals surface area contributed by atoms with E-state index < -0.39 is 0 Å². The molecule has 56 valence electrons. The predicted molar refractivity (Wildman–Crippen MR) is 41.7 cm³/mol. The first-order chi connectivity index (χ1) is 4.86. The predicted octanol–water partition coefficient (Wildman–Crippen LogP) is 0.776. The van der Waals surface area contributed by atoms with Gasteiger partial charge in [-0.2, -0.15) is 0 Å². The van der Waals surface area contributed by atoms with E-state index in [4.69, 9.17) is 5.84 Å². The van der Waals surface area contributed by atoms with Crippen LogP contribution in [0.3, 0.4) is 0 Å². The van der Waals surface area contributed by atoms with Crippen LogP contribution in [0.2, 0.25) is 0 Å². The average molecular weight is 158 g/mol. The summed E-state index contributed by atoms with van der Waals surface area (Å²) in [5.74, 6) is 5.12. The number of nitrogens with two attached hydrogens (primary N) is 1. The zero-order valence-corrected chi connectivity index (χ0v) is 6.61. The molecule has 1 aromatic heterocycles. The Kier molecular flexibility index (Phi) is 2.58. The minimum atomic E-state index is 0.684. The molecule has 5 heteroatoms. The van der Waals surface area contributed by atoms with Gasteiger partial charge in [0.2, 0.25) is 5.13 Å². The lowest BCUT2D eigenvalue weighted by molar-refractivity contribution is 0.878. The Labute approximate surface area is 63.4 Å². The molecule has 0 fully saturated rings. The first kappa shape index (κ1) is 7.43. The smallest absolute Gasteiger partial charge is 0.219 e. The van der Waals surface area contributed by atoms with Crippen LogP contribution in [-0.2, 0) is 6.42 Å². The van der Waals surface area contributed by atoms with Gasteiger partial charge in [-0.25, -0.2) is 5.84 Å². The highest BCUT2D eigenvalue weighted by atomic mass is 32.1. The van der Waals surface area contributed by atoms with Crippen molar-refractivity contribution in [2.75, 3.05) is 5.43 Å². The van der Waals surface area contributed by atoms with Crippen LogP contribution >= 0.6 is 11.3 Å². The van der Waals surface area contributed by atoms with Gasteiger partial charge < -0.3 is 0 Å². The van der Waals surface area contributed by atoms with Gasteiger partial charge >= 0.3 is 0 Å². The Morgan fingerprint density at radius 3 is 2.90 bits per heavy atom. The second-order valence-electron chi connectivity index (χ2n) is 1.90. The second kappa shape index (κ2) is 3.48. The minimum Gasteiger partial charge on any atom is -0.298 e. The van der Waals surface area contributed by atoms with E-state index >= 15 is 0 Å². The van der Waals surface area contributed by atoms with Crippen LogP contribution in [-0.4, -0.2) is 10.2 Å². The average Bonchev–Trinajstić information content (AvgIpc) is 2.37. The molecular formula is C5H10N4S. The Morgan fingerprint density at radius 1 is 1.60 bits per heavy atom. The number of nitrogen functional groups attached to an aromatic ring is 1. The van der Waals surface area contributed by atoms with Crippen LogP contribution in [0.1, 0.15) is 18.4 Å². The van der Waals surface area contributed by atoms with Crippen LogP contribution in [0, 0.1) is 0 Å². The molecule has 0 aliphatic rings. The third-order valence-electron chi connectivity index (χ3n) is 1.05. The van der Waals surface area contributed by atoms with Crippen LogP contribution in [0.5, 0.6) is 0 Å². The number of aryl methyl sites for hydroxylation is 1. The maximum atomic E-state index is 5.12. The number of nitrogens with zero attached hydrogens (tertiary/aromatic N) is 2. The maximum Gasteiger partial charge on any atom is 0.219 e. The van der Waals surface area contributed by atoms with E-state index in [1.54, 1.807) is 0 Å². The summed E-state index contributed by atoms with van der Waals surface area (Å²) in [6.45, 7) is 2.11. The molecule has 0 amide bonds. The molecule has 0 aromatic carbocycles. The molecule has 1 aromatic rings. The summed E-state index contributed by atoms with van der Waals surface area (Å²) in [5, 5.41) is 9.41. The zero-order valence-electron chi connectivity index (χ0n) is 5.79. The number of nitrogens with one attached hydrogen (secondary N) is 1. The highest BCUT2D eigenvalue weighted by Crippen LogP contribution is 2.14. The van der Waals surface area contributed by atoms with E-state index in [0.717, 1.165) is 17.8 Å². The molecule has 0 aliphatic carbocycles. The lowest BCUT2D eigenvalue weighted by Crippen LogP contribution is -2.05. The summed E-state index contributed by atoms with van der Waals surface area (Å²) < 4.78 is 0. The first-order valence-electron chi connectivity index (χ1n) is 3.15. The Morgan fingerprint density at radius 2 is 2.40 bits per heavy atom. The molecule has 0 unspecified atom stereocenters. The van der Waals surface area contributed by atoms with Crippen molar-refractivity contribution in [2.45, 2.75) is 19.8 Å². The van der Waals surface area contributed by atoms with E-state index in [1.165, 1.54) is 11.3 Å². The fourth-order valence-corrected chi connectivity index (χ4v) is 1.38. The molecule has 0 saturated heterocycles. The zero-order chi connectivity index (χ0) is 7.40. The summed E-state index contributed by atoms with van der Waals surface area (Å²) >= 11 is 1.50. The monoisotopic (exact) mass is 158 g/mol. The van der Waals surface area contributed by atoms with Crippen LogP contribution in [0.25, 0.3) is 0 Å². The molecular weight excluding hydrogens is 148 g/mol. The van der Waals surface area contributed by atoms with Gasteiger partial charge in [-0.15, -0.1) is 10.2 Å². The van der Waals surface area contributed by atoms with Gasteiger partial charge in [0, 0.05) is 6.42 Å². The van der Waals surface area contributed by atoms with E-state index in [0.29, 0.717) is 5.13 Å². The Bertz CT molecular complexity index is 197. The summed E-state index contributed by atoms with van der Waals surface area (Å²) in [7, 11) is 0. The summed E-state index contributed by atoms with van der Waals surface area (Å²) in [6, 6.07) is 0. The molecule has 10 heavy (non-hydrogen) atoms. The molecule has 0 saturated carbocycles. The van der Waals surface area contributed by atoms with Gasteiger partial charge in [-0.1, -0.05) is 18.3 Å². The molecule has 1 heterocycles. The largest absolute Gasteiger partial charge is 0.298 e. The van der Waals surface area contributed by atoms with Crippen molar-refractivity contribution in [3.05, 3.63) is 5.01 Å². The number of rotatable bonds is 3. The molecule has 1 rings (SSSR count). The van der Waals surface area contributed by atoms with Gasteiger partial charge in [0.05, 0.1) is 0 Å². The quantitative estimate of drug-likeness (QED) is 0.504. The third kappa shape index (κ3) is 1.65. The topological polar surface area (TPSA) is 63.8 Å². The molecule has 0 bridgehead atoms. The van der Waals surface area contributed by atoms with Crippen molar-refractivity contribution in [2.24, 2.45) is 5.84 Å². The highest BCUT2D eigenvalue weighted by molar-refractivity contribution is 7.15. The van der Waals surface area contributed by atoms with Gasteiger partial charge in [0.1, 0.15) is 5.01 Å². The van der Waals surface area contributed by atoms with Gasteiger partial charge in [0.15, 0.2) is 0 Å². The maximum absolute atomic E-state index is 5.12. The SMILES string of the molecule is CCCc1nnc(NN)s1. The molecule has 3 N–H and O–H groups in total. The van der Waals surface area contributed by atoms with Crippen molar-refractivity contribution in [1.29, 1.82) is 0 Å². The lowest BCUT2D eigenvalue weighted by atomic mass is 10.4. The van der Waals surface area contributed by atoms with Crippen LogP contribution < -0.4 is 11.3 Å². The van der Waals surface area contributed by atoms with Crippen molar-refractivity contribution in [3.8, 4) is 0 Å². The second-order valence-corrected chi connectivity index (χ2v) is 2.96. The van der Waals surface area contributed by atoms with Gasteiger partial charge in [0.25, 0.3) is 0 Å². The van der Waals surface area contributed by atoms with Gasteiger partial charge in [-0.05, 0) is 6.42 Å². The fraction of sp³-hybridized carbons (Fsp3) is 0.600. The Hall–Kier alpha value is -0.680. The summed E-state index contributed by atoms with van der Waals surface area (Å²) in [5.41, 5.74) is 2.45. The molecule has 0 aliphatic heterocycles. The van der Waals surface area contributed by atoms with Crippen molar-refractivity contribution >= 4 is 16.5 Å². The molecule has 0 spiro atoms.